The molecule has 0 bridgehead atoms. The van der Waals surface area contributed by atoms with Crippen molar-refractivity contribution in [3.05, 3.63) is 72.4 Å². The molecular weight excluding hydrogens is 427 g/mol. The third kappa shape index (κ3) is 5.15. The van der Waals surface area contributed by atoms with Crippen LogP contribution in [0.4, 0.5) is 24.5 Å². The van der Waals surface area contributed by atoms with Crippen LogP contribution in [0, 0.1) is 0 Å². The Bertz CT molecular complexity index is 1090. The summed E-state index contributed by atoms with van der Waals surface area (Å²) in [5, 5.41) is 5.43. The Morgan fingerprint density at radius 3 is 2.16 bits per heavy atom. The van der Waals surface area contributed by atoms with Gasteiger partial charge in [0.2, 0.25) is 5.91 Å². The quantitative estimate of drug-likeness (QED) is 0.498. The monoisotopic (exact) mass is 445 g/mol. The van der Waals surface area contributed by atoms with E-state index in [1.54, 1.807) is 24.3 Å². The number of ether oxygens (including phenoxy) is 1. The van der Waals surface area contributed by atoms with Crippen molar-refractivity contribution in [1.82, 2.24) is 4.90 Å². The van der Waals surface area contributed by atoms with Crippen LogP contribution >= 0.6 is 0 Å². The van der Waals surface area contributed by atoms with Gasteiger partial charge in [-0.1, -0.05) is 18.2 Å². The van der Waals surface area contributed by atoms with Crippen LogP contribution in [-0.2, 0) is 14.4 Å². The molecule has 0 saturated heterocycles. The number of nitrogens with one attached hydrogen (secondary N) is 2. The molecule has 7 nitrogen and oxygen atoms in total. The Balaban J connectivity index is 1.95. The van der Waals surface area contributed by atoms with Crippen molar-refractivity contribution in [2.45, 2.75) is 13.3 Å². The van der Waals surface area contributed by atoms with Gasteiger partial charge in [0, 0.05) is 24.8 Å². The summed E-state index contributed by atoms with van der Waals surface area (Å²) in [5.74, 6) is -1.84. The third-order valence-corrected chi connectivity index (χ3v) is 4.33. The molecule has 0 aliphatic carbocycles. The molecule has 0 aromatic heterocycles. The summed E-state index contributed by atoms with van der Waals surface area (Å²) < 4.78 is 40.9. The Kier molecular flexibility index (Phi) is 6.33. The number of hydrogen-bond acceptors (Lipinski definition) is 5. The summed E-state index contributed by atoms with van der Waals surface area (Å²) in [5.41, 5.74) is 1.26. The Morgan fingerprint density at radius 2 is 1.62 bits per heavy atom. The number of halogens is 3. The number of imide groups is 1. The largest absolute Gasteiger partial charge is 0.573 e. The molecule has 0 radical (unpaired) electrons. The van der Waals surface area contributed by atoms with E-state index in [1.807, 2.05) is 0 Å². The minimum atomic E-state index is -4.83. The topological polar surface area (TPSA) is 87.7 Å². The molecule has 0 spiro atoms. The summed E-state index contributed by atoms with van der Waals surface area (Å²) in [6.07, 6.45) is -3.42. The Morgan fingerprint density at radius 1 is 1.03 bits per heavy atom. The summed E-state index contributed by atoms with van der Waals surface area (Å²) in [6, 6.07) is 11.1. The minimum absolute atomic E-state index is 0.0192. The molecule has 3 rings (SSSR count). The average molecular weight is 445 g/mol. The predicted molar refractivity (Wildman–Crippen MR) is 111 cm³/mol. The molecule has 2 aromatic rings. The lowest BCUT2D eigenvalue weighted by Gasteiger charge is -2.13. The van der Waals surface area contributed by atoms with E-state index in [1.165, 1.54) is 25.1 Å². The highest BCUT2D eigenvalue weighted by molar-refractivity contribution is 6.36. The van der Waals surface area contributed by atoms with Crippen LogP contribution in [0.15, 0.2) is 66.9 Å². The first-order valence-corrected chi connectivity index (χ1v) is 9.31. The van der Waals surface area contributed by atoms with Crippen molar-refractivity contribution in [2.75, 3.05) is 17.2 Å². The number of hydrogen-bond donors (Lipinski definition) is 2. The zero-order valence-electron chi connectivity index (χ0n) is 16.8. The SMILES string of the molecule is C=CCN1C(=O)C(Nc2ccc(OC(F)(F)F)cc2)=C(c2ccc(NC(C)=O)cc2)C1=O. The average Bonchev–Trinajstić information content (AvgIpc) is 2.93. The first-order valence-electron chi connectivity index (χ1n) is 9.31. The Hall–Kier alpha value is -4.08. The standard InChI is InChI=1S/C22H18F3N3O4/c1-3-12-28-20(30)18(14-4-6-15(7-5-14)26-13(2)29)19(21(28)31)27-16-8-10-17(11-9-16)32-22(23,24)25/h3-11,27H,1,12H2,2H3,(H,26,29). The number of rotatable bonds is 7. The van der Waals surface area contributed by atoms with E-state index >= 15 is 0 Å². The second-order valence-electron chi connectivity index (χ2n) is 6.72. The molecular formula is C22H18F3N3O4. The predicted octanol–water partition coefficient (Wildman–Crippen LogP) is 3.92. The normalized spacial score (nSPS) is 13.9. The number of carbonyl (C=O) groups excluding carboxylic acids is 3. The zero-order valence-corrected chi connectivity index (χ0v) is 16.8. The molecule has 0 saturated carbocycles. The molecule has 3 amide bonds. The van der Waals surface area contributed by atoms with Crippen LogP contribution in [0.5, 0.6) is 5.75 Å². The highest BCUT2D eigenvalue weighted by Gasteiger charge is 2.38. The van der Waals surface area contributed by atoms with Gasteiger partial charge in [-0.25, -0.2) is 0 Å². The van der Waals surface area contributed by atoms with E-state index in [0.29, 0.717) is 11.3 Å². The fourth-order valence-electron chi connectivity index (χ4n) is 3.06. The van der Waals surface area contributed by atoms with Crippen molar-refractivity contribution in [3.63, 3.8) is 0 Å². The van der Waals surface area contributed by atoms with Gasteiger partial charge in [-0.15, -0.1) is 19.8 Å². The molecule has 32 heavy (non-hydrogen) atoms. The lowest BCUT2D eigenvalue weighted by atomic mass is 10.0. The van der Waals surface area contributed by atoms with Gasteiger partial charge < -0.3 is 15.4 Å². The molecule has 166 valence electrons. The molecule has 0 fully saturated rings. The van der Waals surface area contributed by atoms with Crippen LogP contribution in [0.2, 0.25) is 0 Å². The fourth-order valence-corrected chi connectivity index (χ4v) is 3.06. The van der Waals surface area contributed by atoms with Gasteiger partial charge in [0.05, 0.1) is 5.57 Å². The van der Waals surface area contributed by atoms with Crippen LogP contribution in [0.25, 0.3) is 5.57 Å². The van der Waals surface area contributed by atoms with Gasteiger partial charge in [-0.3, -0.25) is 19.3 Å². The first-order chi connectivity index (χ1) is 15.1. The number of anilines is 2. The lowest BCUT2D eigenvalue weighted by Crippen LogP contribution is -2.32. The number of benzene rings is 2. The fraction of sp³-hybridized carbons (Fsp3) is 0.136. The van der Waals surface area contributed by atoms with Crippen LogP contribution in [-0.4, -0.2) is 35.5 Å². The van der Waals surface area contributed by atoms with Gasteiger partial charge in [-0.2, -0.15) is 0 Å². The second-order valence-corrected chi connectivity index (χ2v) is 6.72. The molecule has 2 N–H and O–H groups in total. The van der Waals surface area contributed by atoms with Crippen molar-refractivity contribution in [2.24, 2.45) is 0 Å². The molecule has 0 atom stereocenters. The highest BCUT2D eigenvalue weighted by atomic mass is 19.4. The maximum atomic E-state index is 12.9. The summed E-state index contributed by atoms with van der Waals surface area (Å²) in [6.45, 7) is 4.88. The van der Waals surface area contributed by atoms with Crippen LogP contribution < -0.4 is 15.4 Å². The Labute approximate surface area is 181 Å². The number of alkyl halides is 3. The molecule has 10 heteroatoms. The van der Waals surface area contributed by atoms with E-state index < -0.39 is 23.9 Å². The van der Waals surface area contributed by atoms with Gasteiger partial charge in [0.25, 0.3) is 11.8 Å². The van der Waals surface area contributed by atoms with Crippen LogP contribution in [0.1, 0.15) is 12.5 Å². The van der Waals surface area contributed by atoms with Crippen molar-refractivity contribution in [1.29, 1.82) is 0 Å². The van der Waals surface area contributed by atoms with Crippen molar-refractivity contribution < 1.29 is 32.3 Å². The summed E-state index contributed by atoms with van der Waals surface area (Å²) in [7, 11) is 0. The minimum Gasteiger partial charge on any atom is -0.406 e. The van der Waals surface area contributed by atoms with Crippen LogP contribution in [0.3, 0.4) is 0 Å². The van der Waals surface area contributed by atoms with Gasteiger partial charge >= 0.3 is 6.36 Å². The second kappa shape index (κ2) is 8.96. The highest BCUT2D eigenvalue weighted by Crippen LogP contribution is 2.32. The van der Waals surface area contributed by atoms with Gasteiger partial charge in [-0.05, 0) is 42.0 Å². The number of nitrogens with zero attached hydrogens (tertiary/aromatic N) is 1. The molecule has 2 aromatic carbocycles. The first kappa shape index (κ1) is 22.6. The maximum absolute atomic E-state index is 12.9. The maximum Gasteiger partial charge on any atom is 0.573 e. The van der Waals surface area contributed by atoms with E-state index in [4.69, 9.17) is 0 Å². The number of carbonyl (C=O) groups is 3. The lowest BCUT2D eigenvalue weighted by molar-refractivity contribution is -0.274. The van der Waals surface area contributed by atoms with Crippen molar-refractivity contribution in [3.8, 4) is 5.75 Å². The molecule has 1 aliphatic heterocycles. The van der Waals surface area contributed by atoms with Gasteiger partial charge in [0.1, 0.15) is 11.4 Å². The van der Waals surface area contributed by atoms with E-state index in [9.17, 15) is 27.6 Å². The number of amides is 3. The van der Waals surface area contributed by atoms with Gasteiger partial charge in [0.15, 0.2) is 0 Å². The summed E-state index contributed by atoms with van der Waals surface area (Å²) in [4.78, 5) is 38.0. The zero-order chi connectivity index (χ0) is 23.5. The summed E-state index contributed by atoms with van der Waals surface area (Å²) >= 11 is 0. The van der Waals surface area contributed by atoms with E-state index in [0.717, 1.165) is 17.0 Å². The van der Waals surface area contributed by atoms with E-state index in [-0.39, 0.29) is 29.4 Å². The smallest absolute Gasteiger partial charge is 0.406 e. The molecule has 1 aliphatic rings. The van der Waals surface area contributed by atoms with E-state index in [2.05, 4.69) is 21.9 Å². The third-order valence-electron chi connectivity index (χ3n) is 4.33. The molecule has 0 unspecified atom stereocenters. The molecule has 1 heterocycles. The van der Waals surface area contributed by atoms with Crippen molar-refractivity contribution >= 4 is 34.7 Å².